The van der Waals surface area contributed by atoms with Crippen LogP contribution in [-0.2, 0) is 16.0 Å². The number of carbonyl (C=O) groups is 1. The van der Waals surface area contributed by atoms with E-state index in [9.17, 15) is 4.79 Å². The number of rotatable bonds is 19. The second-order valence-electron chi connectivity index (χ2n) is 9.51. The third-order valence-corrected chi connectivity index (χ3v) is 6.29. The molecule has 13 nitrogen and oxygen atoms in total. The number of hydrogen-bond donors (Lipinski definition) is 4. The van der Waals surface area contributed by atoms with Gasteiger partial charge in [-0.25, -0.2) is 0 Å². The molecular weight excluding hydrogens is 578 g/mol. The molecule has 4 N–H and O–H groups in total. The Morgan fingerprint density at radius 2 is 1.29 bits per heavy atom. The summed E-state index contributed by atoms with van der Waals surface area (Å²) in [5, 5.41) is 12.5. The molecule has 1 heterocycles. The van der Waals surface area contributed by atoms with Gasteiger partial charge >= 0.3 is 0 Å². The molecule has 238 valence electrons. The van der Waals surface area contributed by atoms with Crippen molar-refractivity contribution in [3.05, 3.63) is 83.9 Å². The average molecular weight is 618 g/mol. The van der Waals surface area contributed by atoms with Crippen molar-refractivity contribution < 1.29 is 28.5 Å². The van der Waals surface area contributed by atoms with Crippen LogP contribution in [0.25, 0.3) is 0 Å². The van der Waals surface area contributed by atoms with Crippen LogP contribution < -0.4 is 35.5 Å². The van der Waals surface area contributed by atoms with Crippen LogP contribution in [0.3, 0.4) is 0 Å². The van der Waals surface area contributed by atoms with Crippen LogP contribution in [0.15, 0.2) is 72.8 Å². The Balaban J connectivity index is 1.26. The van der Waals surface area contributed by atoms with Gasteiger partial charge in [-0.15, -0.1) is 0 Å². The second kappa shape index (κ2) is 17.9. The molecule has 0 unspecified atom stereocenters. The molecule has 0 aliphatic carbocycles. The zero-order valence-corrected chi connectivity index (χ0v) is 25.7. The number of anilines is 4. The minimum Gasteiger partial charge on any atom is -0.497 e. The summed E-state index contributed by atoms with van der Waals surface area (Å²) in [7, 11) is 4.83. The molecule has 45 heavy (non-hydrogen) atoms. The maximum absolute atomic E-state index is 12.0. The number of hydrogen-bond acceptors (Lipinski definition) is 12. The van der Waals surface area contributed by atoms with E-state index in [4.69, 9.17) is 23.7 Å². The summed E-state index contributed by atoms with van der Waals surface area (Å²) in [4.78, 5) is 25.6. The van der Waals surface area contributed by atoms with Crippen LogP contribution in [0.4, 0.5) is 23.5 Å². The van der Waals surface area contributed by atoms with E-state index < -0.39 is 0 Å². The van der Waals surface area contributed by atoms with E-state index in [0.717, 1.165) is 11.3 Å². The molecule has 1 amide bonds. The summed E-state index contributed by atoms with van der Waals surface area (Å²) in [6.07, 6.45) is 0. The summed E-state index contributed by atoms with van der Waals surface area (Å²) in [5.74, 6) is 3.04. The number of ether oxygens (including phenoxy) is 5. The lowest BCUT2D eigenvalue weighted by Gasteiger charge is -2.13. The van der Waals surface area contributed by atoms with Crippen molar-refractivity contribution in [2.75, 3.05) is 76.8 Å². The van der Waals surface area contributed by atoms with Crippen LogP contribution in [0.5, 0.6) is 17.2 Å². The van der Waals surface area contributed by atoms with Crippen molar-refractivity contribution >= 4 is 29.4 Å². The van der Waals surface area contributed by atoms with E-state index in [0.29, 0.717) is 86.7 Å². The topological polar surface area (TPSA) is 150 Å². The van der Waals surface area contributed by atoms with Gasteiger partial charge in [0.1, 0.15) is 17.2 Å². The van der Waals surface area contributed by atoms with Gasteiger partial charge in [-0.3, -0.25) is 4.79 Å². The third-order valence-electron chi connectivity index (χ3n) is 6.29. The number of aromatic nitrogens is 3. The van der Waals surface area contributed by atoms with Gasteiger partial charge in [-0.1, -0.05) is 24.3 Å². The van der Waals surface area contributed by atoms with E-state index >= 15 is 0 Å². The molecule has 0 atom stereocenters. The normalized spacial score (nSPS) is 10.6. The minimum atomic E-state index is -0.124. The quantitative estimate of drug-likeness (QED) is 0.112. The lowest BCUT2D eigenvalue weighted by molar-refractivity contribution is 0.0519. The zero-order chi connectivity index (χ0) is 31.7. The van der Waals surface area contributed by atoms with Crippen molar-refractivity contribution in [3.8, 4) is 17.2 Å². The SMILES string of the molecule is COc1cccc(Nc2nc(NCCOCCOCCNC(=O)c3ccccc3)nc(NCc3cc(OC)cc(OC)c3)n2)c1. The van der Waals surface area contributed by atoms with Gasteiger partial charge in [0.15, 0.2) is 0 Å². The molecular formula is C32H39N7O6. The Kier molecular flexibility index (Phi) is 13.0. The number of amides is 1. The van der Waals surface area contributed by atoms with Gasteiger partial charge in [0.25, 0.3) is 5.91 Å². The molecule has 0 aliphatic heterocycles. The van der Waals surface area contributed by atoms with E-state index in [1.807, 2.05) is 60.7 Å². The van der Waals surface area contributed by atoms with Gasteiger partial charge in [0.2, 0.25) is 17.8 Å². The van der Waals surface area contributed by atoms with Crippen LogP contribution >= 0.6 is 0 Å². The summed E-state index contributed by atoms with van der Waals surface area (Å²) in [6, 6.07) is 22.2. The lowest BCUT2D eigenvalue weighted by atomic mass is 10.2. The minimum absolute atomic E-state index is 0.124. The molecule has 4 aromatic rings. The van der Waals surface area contributed by atoms with Gasteiger partial charge in [0.05, 0.1) is 47.8 Å². The number of methoxy groups -OCH3 is 3. The number of benzene rings is 3. The first kappa shape index (κ1) is 32.8. The molecule has 0 saturated heterocycles. The van der Waals surface area contributed by atoms with E-state index in [-0.39, 0.29) is 5.91 Å². The highest BCUT2D eigenvalue weighted by molar-refractivity contribution is 5.94. The van der Waals surface area contributed by atoms with Crippen molar-refractivity contribution in [1.29, 1.82) is 0 Å². The Morgan fingerprint density at radius 1 is 0.644 bits per heavy atom. The number of nitrogens with one attached hydrogen (secondary N) is 4. The Morgan fingerprint density at radius 3 is 1.98 bits per heavy atom. The van der Waals surface area contributed by atoms with Crippen molar-refractivity contribution in [2.45, 2.75) is 6.54 Å². The molecule has 0 aliphatic rings. The summed E-state index contributed by atoms with van der Waals surface area (Å²) < 4.78 is 27.3. The molecule has 0 spiro atoms. The highest BCUT2D eigenvalue weighted by Gasteiger charge is 2.09. The largest absolute Gasteiger partial charge is 0.497 e. The third kappa shape index (κ3) is 11.1. The van der Waals surface area contributed by atoms with Crippen molar-refractivity contribution in [3.63, 3.8) is 0 Å². The summed E-state index contributed by atoms with van der Waals surface area (Å²) in [6.45, 7) is 2.92. The smallest absolute Gasteiger partial charge is 0.251 e. The monoisotopic (exact) mass is 617 g/mol. The van der Waals surface area contributed by atoms with Crippen LogP contribution in [-0.4, -0.2) is 81.7 Å². The second-order valence-corrected chi connectivity index (χ2v) is 9.51. The highest BCUT2D eigenvalue weighted by Crippen LogP contribution is 2.24. The fourth-order valence-corrected chi connectivity index (χ4v) is 4.05. The van der Waals surface area contributed by atoms with E-state index in [2.05, 4.69) is 36.2 Å². The number of nitrogens with zero attached hydrogens (tertiary/aromatic N) is 3. The summed E-state index contributed by atoms with van der Waals surface area (Å²) in [5.41, 5.74) is 2.31. The Bertz CT molecular complexity index is 1470. The van der Waals surface area contributed by atoms with Gasteiger partial charge < -0.3 is 45.0 Å². The lowest BCUT2D eigenvalue weighted by Crippen LogP contribution is -2.27. The van der Waals surface area contributed by atoms with Gasteiger partial charge in [-0.2, -0.15) is 15.0 Å². The highest BCUT2D eigenvalue weighted by atomic mass is 16.5. The van der Waals surface area contributed by atoms with Gasteiger partial charge in [0, 0.05) is 43.0 Å². The fourth-order valence-electron chi connectivity index (χ4n) is 4.05. The first-order valence-corrected chi connectivity index (χ1v) is 14.4. The molecule has 0 fully saturated rings. The summed E-state index contributed by atoms with van der Waals surface area (Å²) >= 11 is 0. The van der Waals surface area contributed by atoms with Gasteiger partial charge in [-0.05, 0) is 42.0 Å². The standard InChI is InChI=1S/C32H39N7O6/c1-41-26-11-7-10-25(20-26)36-32-38-30(37-31(39-32)35-22-23-18-27(42-2)21-28(19-23)43-3)34-13-15-45-17-16-44-14-12-33-29(40)24-8-5-4-6-9-24/h4-11,18-21H,12-17,22H2,1-3H3,(H,33,40)(H3,34,35,36,37,38,39). The Labute approximate surface area is 262 Å². The maximum Gasteiger partial charge on any atom is 0.251 e. The zero-order valence-electron chi connectivity index (χ0n) is 25.7. The fraction of sp³-hybridized carbons (Fsp3) is 0.312. The molecule has 3 aromatic carbocycles. The predicted molar refractivity (Wildman–Crippen MR) is 172 cm³/mol. The van der Waals surface area contributed by atoms with Crippen LogP contribution in [0, 0.1) is 0 Å². The average Bonchev–Trinajstić information content (AvgIpc) is 3.08. The molecule has 0 radical (unpaired) electrons. The Hall–Kier alpha value is -5.14. The first-order chi connectivity index (χ1) is 22.1. The van der Waals surface area contributed by atoms with Crippen LogP contribution in [0.2, 0.25) is 0 Å². The van der Waals surface area contributed by atoms with Crippen molar-refractivity contribution in [1.82, 2.24) is 20.3 Å². The maximum atomic E-state index is 12.0. The van der Waals surface area contributed by atoms with E-state index in [1.165, 1.54) is 0 Å². The van der Waals surface area contributed by atoms with Crippen molar-refractivity contribution in [2.24, 2.45) is 0 Å². The molecule has 13 heteroatoms. The molecule has 0 bridgehead atoms. The first-order valence-electron chi connectivity index (χ1n) is 14.4. The molecule has 0 saturated carbocycles. The number of carbonyl (C=O) groups excluding carboxylic acids is 1. The van der Waals surface area contributed by atoms with Crippen LogP contribution in [0.1, 0.15) is 15.9 Å². The molecule has 1 aromatic heterocycles. The molecule has 4 rings (SSSR count). The predicted octanol–water partition coefficient (Wildman–Crippen LogP) is 4.13. The van der Waals surface area contributed by atoms with E-state index in [1.54, 1.807) is 33.5 Å².